The Morgan fingerprint density at radius 2 is 2.04 bits per heavy atom. The van der Waals surface area contributed by atoms with Crippen LogP contribution in [0.25, 0.3) is 0 Å². The molecule has 6 heterocycles. The van der Waals surface area contributed by atoms with E-state index in [-0.39, 0.29) is 23.9 Å². The molecule has 1 amide bonds. The highest BCUT2D eigenvalue weighted by molar-refractivity contribution is 5.92. The fourth-order valence-electron chi connectivity index (χ4n) is 9.25. The topological polar surface area (TPSA) is 115 Å². The third-order valence-corrected chi connectivity index (χ3v) is 11.6. The quantitative estimate of drug-likeness (QED) is 0.396. The normalized spacial score (nSPS) is 30.0. The minimum Gasteiger partial charge on any atom is -0.461 e. The Morgan fingerprint density at radius 3 is 2.90 bits per heavy atom. The van der Waals surface area contributed by atoms with Gasteiger partial charge in [0.25, 0.3) is 5.91 Å². The van der Waals surface area contributed by atoms with Crippen LogP contribution >= 0.6 is 12.4 Å². The smallest absolute Gasteiger partial charge is 0.318 e. The monoisotopic (exact) mass is 678 g/mol. The lowest BCUT2D eigenvalue weighted by molar-refractivity contribution is -0.0875. The van der Waals surface area contributed by atoms with Crippen LogP contribution in [0.15, 0.2) is 24.3 Å². The van der Waals surface area contributed by atoms with Crippen LogP contribution < -0.4 is 15.4 Å². The molecule has 256 valence electrons. The zero-order chi connectivity index (χ0) is 32.1. The second-order valence-corrected chi connectivity index (χ2v) is 15.0. The lowest BCUT2D eigenvalue weighted by Crippen LogP contribution is -2.44. The summed E-state index contributed by atoms with van der Waals surface area (Å²) >= 11 is 0. The average Bonchev–Trinajstić information content (AvgIpc) is 3.47. The molecule has 2 saturated heterocycles. The molecule has 2 N–H and O–H groups in total. The number of halogens is 2. The molecule has 3 aromatic rings. The van der Waals surface area contributed by atoms with Crippen molar-refractivity contribution in [1.82, 2.24) is 29.5 Å². The molecule has 11 nitrogen and oxygen atoms in total. The highest BCUT2D eigenvalue weighted by atomic mass is 35.5. The minimum atomic E-state index is -0.827. The van der Waals surface area contributed by atoms with E-state index < -0.39 is 11.8 Å². The van der Waals surface area contributed by atoms with Gasteiger partial charge in [-0.25, -0.2) is 4.39 Å². The van der Waals surface area contributed by atoms with Crippen molar-refractivity contribution in [1.29, 1.82) is 0 Å². The van der Waals surface area contributed by atoms with Crippen LogP contribution in [0.2, 0.25) is 0 Å². The first-order chi connectivity index (χ1) is 22.7. The molecule has 1 saturated carbocycles. The van der Waals surface area contributed by atoms with Crippen LogP contribution in [0, 0.1) is 5.92 Å². The van der Waals surface area contributed by atoms with Crippen molar-refractivity contribution in [2.24, 2.45) is 5.92 Å². The number of amides is 1. The number of benzene rings is 1. The van der Waals surface area contributed by atoms with E-state index in [1.54, 1.807) is 19.0 Å². The first kappa shape index (κ1) is 31.8. The number of aryl methyl sites for hydroxylation is 1. The van der Waals surface area contributed by atoms with Crippen LogP contribution in [0.4, 0.5) is 15.9 Å². The van der Waals surface area contributed by atoms with Crippen LogP contribution in [0.3, 0.4) is 0 Å². The Hall–Kier alpha value is -3.48. The summed E-state index contributed by atoms with van der Waals surface area (Å²) in [5.41, 5.74) is 12.2. The minimum absolute atomic E-state index is 0. The summed E-state index contributed by atoms with van der Waals surface area (Å²) in [7, 11) is 3.49. The number of nitrogen functional groups attached to an aromatic ring is 1. The Labute approximate surface area is 286 Å². The molecule has 3 unspecified atom stereocenters. The van der Waals surface area contributed by atoms with E-state index in [0.29, 0.717) is 69.2 Å². The van der Waals surface area contributed by atoms with Crippen molar-refractivity contribution < 1.29 is 18.7 Å². The maximum Gasteiger partial charge on any atom is 0.318 e. The molecule has 1 spiro atoms. The number of fused-ring (bicyclic) bond motifs is 7. The third kappa shape index (κ3) is 5.13. The van der Waals surface area contributed by atoms with Crippen molar-refractivity contribution >= 4 is 29.8 Å². The SMILES string of the molecule is CN(C)C(=O)c1cc2n(n1)CCCN(c1nc(OC[C@@]34CCCN3C[C@H](F)C4)nc3c1COC1(C3)CC3CC3c3ccc(N)cc31)C2.Cl. The van der Waals surface area contributed by atoms with Crippen molar-refractivity contribution in [2.75, 3.05) is 51.0 Å². The van der Waals surface area contributed by atoms with Gasteiger partial charge >= 0.3 is 6.01 Å². The highest BCUT2D eigenvalue weighted by Crippen LogP contribution is 2.62. The van der Waals surface area contributed by atoms with Gasteiger partial charge in [0.05, 0.1) is 35.7 Å². The van der Waals surface area contributed by atoms with E-state index in [1.807, 2.05) is 16.8 Å². The maximum atomic E-state index is 14.6. The van der Waals surface area contributed by atoms with Gasteiger partial charge in [-0.2, -0.15) is 15.1 Å². The number of nitrogens with zero attached hydrogens (tertiary/aromatic N) is 7. The number of rotatable bonds is 5. The maximum absolute atomic E-state index is 14.6. The summed E-state index contributed by atoms with van der Waals surface area (Å²) < 4.78 is 30.0. The fraction of sp³-hybridized carbons (Fsp3) is 0.600. The molecule has 0 radical (unpaired) electrons. The fourth-order valence-corrected chi connectivity index (χ4v) is 9.25. The van der Waals surface area contributed by atoms with Crippen LogP contribution in [0.5, 0.6) is 6.01 Å². The predicted octanol–water partition coefficient (Wildman–Crippen LogP) is 4.22. The number of anilines is 2. The molecule has 2 aromatic heterocycles. The Bertz CT molecular complexity index is 1770. The van der Waals surface area contributed by atoms with Crippen LogP contribution in [-0.4, -0.2) is 87.5 Å². The van der Waals surface area contributed by atoms with Crippen molar-refractivity contribution in [3.05, 3.63) is 58.0 Å². The number of carbonyl (C=O) groups excluding carboxylic acids is 1. The summed E-state index contributed by atoms with van der Waals surface area (Å²) in [6, 6.07) is 8.55. The molecule has 13 heteroatoms. The molecular formula is C35H44ClFN8O3. The zero-order valence-electron chi connectivity index (χ0n) is 27.7. The number of nitrogens with two attached hydrogens (primary N) is 1. The largest absolute Gasteiger partial charge is 0.461 e. The third-order valence-electron chi connectivity index (χ3n) is 11.6. The molecule has 48 heavy (non-hydrogen) atoms. The van der Waals surface area contributed by atoms with Crippen LogP contribution in [-0.2, 0) is 36.5 Å². The van der Waals surface area contributed by atoms with Gasteiger partial charge in [-0.3, -0.25) is 14.4 Å². The van der Waals surface area contributed by atoms with Crippen molar-refractivity contribution in [2.45, 2.75) is 87.9 Å². The van der Waals surface area contributed by atoms with Crippen molar-refractivity contribution in [3.63, 3.8) is 0 Å². The van der Waals surface area contributed by atoms with Crippen LogP contribution in [0.1, 0.15) is 83.0 Å². The zero-order valence-corrected chi connectivity index (χ0v) is 28.5. The lowest BCUT2D eigenvalue weighted by atomic mass is 9.74. The van der Waals surface area contributed by atoms with E-state index in [0.717, 1.165) is 67.2 Å². The second-order valence-electron chi connectivity index (χ2n) is 15.0. The van der Waals surface area contributed by atoms with E-state index in [9.17, 15) is 9.18 Å². The number of hydrogen-bond donors (Lipinski definition) is 1. The van der Waals surface area contributed by atoms with Gasteiger partial charge in [0, 0.05) is 57.8 Å². The number of alkyl halides is 1. The molecular weight excluding hydrogens is 635 g/mol. The number of carbonyl (C=O) groups is 1. The van der Waals surface area contributed by atoms with Gasteiger partial charge in [-0.15, -0.1) is 12.4 Å². The molecule has 1 aromatic carbocycles. The second kappa shape index (κ2) is 11.6. The summed E-state index contributed by atoms with van der Waals surface area (Å²) in [4.78, 5) is 29.0. The first-order valence-corrected chi connectivity index (χ1v) is 17.2. The summed E-state index contributed by atoms with van der Waals surface area (Å²) in [5.74, 6) is 1.89. The molecule has 6 aliphatic rings. The highest BCUT2D eigenvalue weighted by Gasteiger charge is 2.55. The first-order valence-electron chi connectivity index (χ1n) is 17.2. The van der Waals surface area contributed by atoms with Crippen molar-refractivity contribution in [3.8, 4) is 6.01 Å². The van der Waals surface area contributed by atoms with E-state index in [4.69, 9.17) is 25.2 Å². The van der Waals surface area contributed by atoms with Gasteiger partial charge in [0.2, 0.25) is 0 Å². The molecule has 5 atom stereocenters. The summed E-state index contributed by atoms with van der Waals surface area (Å²) in [6.07, 6.45) is 5.24. The van der Waals surface area contributed by atoms with E-state index in [1.165, 1.54) is 17.5 Å². The predicted molar refractivity (Wildman–Crippen MR) is 180 cm³/mol. The number of hydrogen-bond acceptors (Lipinski definition) is 9. The molecule has 0 bridgehead atoms. The van der Waals surface area contributed by atoms with Gasteiger partial charge in [-0.05, 0) is 79.8 Å². The number of ether oxygens (including phenoxy) is 2. The average molecular weight is 679 g/mol. The Balaban J connectivity index is 0.00000336. The van der Waals surface area contributed by atoms with E-state index >= 15 is 0 Å². The summed E-state index contributed by atoms with van der Waals surface area (Å²) in [6.45, 7) is 4.17. The Morgan fingerprint density at radius 1 is 1.17 bits per heavy atom. The molecule has 3 fully saturated rings. The van der Waals surface area contributed by atoms with Gasteiger partial charge in [-0.1, -0.05) is 6.07 Å². The molecule has 9 rings (SSSR count). The molecule has 2 aliphatic carbocycles. The summed E-state index contributed by atoms with van der Waals surface area (Å²) in [5, 5.41) is 4.64. The number of aromatic nitrogens is 4. The van der Waals surface area contributed by atoms with E-state index in [2.05, 4.69) is 27.0 Å². The molecule has 4 aliphatic heterocycles. The van der Waals surface area contributed by atoms with Gasteiger partial charge in [0.1, 0.15) is 18.6 Å². The van der Waals surface area contributed by atoms with Gasteiger partial charge < -0.3 is 25.0 Å². The lowest BCUT2D eigenvalue weighted by Gasteiger charge is -2.43. The standard InChI is InChI=1S/C35H43FN8O3.ClH/c1-41(2)32(45)29-13-24-18-42(8-4-10-44(24)40-29)31-27-19-47-35(14-21-11-26(21)25-6-5-23(37)12-28(25)35)16-30(27)38-33(39-31)46-20-34-7-3-9-43(34)17-22(36)15-34;/h5-6,12-13,21-22,26H,3-4,7-11,14-20,37H2,1-2H3;1H/t21?,22-,26?,34+,35?;/m1./s1. The Kier molecular flexibility index (Phi) is 7.65. The van der Waals surface area contributed by atoms with Gasteiger partial charge in [0.15, 0.2) is 5.69 Å².